The molecule has 19 heavy (non-hydrogen) atoms. The number of benzene rings is 1. The van der Waals surface area contributed by atoms with Gasteiger partial charge in [0.05, 0.1) is 5.69 Å². The van der Waals surface area contributed by atoms with Gasteiger partial charge in [0, 0.05) is 16.8 Å². The molecule has 0 fully saturated rings. The van der Waals surface area contributed by atoms with Crippen molar-refractivity contribution < 1.29 is 4.42 Å². The minimum Gasteiger partial charge on any atom is -0.454 e. The normalized spacial score (nSPS) is 11.3. The van der Waals surface area contributed by atoms with Crippen LogP contribution < -0.4 is 5.73 Å². The fraction of sp³-hybridized carbons (Fsp3) is 0.267. The Hall–Kier alpha value is -1.65. The summed E-state index contributed by atoms with van der Waals surface area (Å²) in [4.78, 5) is 5.85. The Morgan fingerprint density at radius 2 is 2.16 bits per heavy atom. The van der Waals surface area contributed by atoms with Gasteiger partial charge in [-0.05, 0) is 18.6 Å². The molecule has 0 unspecified atom stereocenters. The zero-order valence-corrected chi connectivity index (χ0v) is 11.7. The highest BCUT2D eigenvalue weighted by molar-refractivity contribution is 7.15. The van der Waals surface area contributed by atoms with Crippen molar-refractivity contribution in [2.75, 3.05) is 0 Å². The van der Waals surface area contributed by atoms with Crippen LogP contribution in [0.4, 0.5) is 0 Å². The molecule has 0 aliphatic heterocycles. The maximum absolute atomic E-state index is 5.85. The van der Waals surface area contributed by atoms with Crippen LogP contribution in [0.25, 0.3) is 21.7 Å². The first kappa shape index (κ1) is 12.4. The summed E-state index contributed by atoms with van der Waals surface area (Å²) in [5.41, 5.74) is 7.81. The number of nitrogens with two attached hydrogens (primary N) is 1. The van der Waals surface area contributed by atoms with Crippen molar-refractivity contribution in [3.05, 3.63) is 40.9 Å². The number of hydrogen-bond donors (Lipinski definition) is 1. The molecule has 0 spiro atoms. The summed E-state index contributed by atoms with van der Waals surface area (Å²) in [6.45, 7) is 2.70. The van der Waals surface area contributed by atoms with Gasteiger partial charge in [-0.15, -0.1) is 11.3 Å². The Morgan fingerprint density at radius 3 is 2.89 bits per heavy atom. The molecule has 2 N–H and O–H groups in total. The second-order valence-corrected chi connectivity index (χ2v) is 5.58. The summed E-state index contributed by atoms with van der Waals surface area (Å²) in [6, 6.07) is 10.1. The Balaban J connectivity index is 2.05. The van der Waals surface area contributed by atoms with E-state index in [1.807, 2.05) is 30.3 Å². The second-order valence-electron chi connectivity index (χ2n) is 4.49. The molecule has 0 aliphatic rings. The molecule has 0 radical (unpaired) electrons. The number of furan rings is 1. The minimum atomic E-state index is 0.549. The molecule has 2 aromatic heterocycles. The van der Waals surface area contributed by atoms with E-state index in [1.165, 1.54) is 0 Å². The van der Waals surface area contributed by atoms with Crippen LogP contribution in [0, 0.1) is 0 Å². The fourth-order valence-corrected chi connectivity index (χ4v) is 3.11. The number of thiazole rings is 1. The average molecular weight is 272 g/mol. The van der Waals surface area contributed by atoms with E-state index in [1.54, 1.807) is 11.3 Å². The molecular formula is C15H16N2OS. The highest BCUT2D eigenvalue weighted by atomic mass is 32.1. The van der Waals surface area contributed by atoms with E-state index in [-0.39, 0.29) is 0 Å². The van der Waals surface area contributed by atoms with E-state index in [0.717, 1.165) is 45.1 Å². The SMILES string of the molecule is CCCc1nc(-c2cc3ccccc3o2)sc1CN. The third-order valence-electron chi connectivity index (χ3n) is 3.09. The molecule has 0 bridgehead atoms. The third kappa shape index (κ3) is 2.29. The molecule has 3 nitrogen and oxygen atoms in total. The largest absolute Gasteiger partial charge is 0.454 e. The van der Waals surface area contributed by atoms with Crippen LogP contribution in [0.15, 0.2) is 34.7 Å². The van der Waals surface area contributed by atoms with Crippen LogP contribution in [0.1, 0.15) is 23.9 Å². The van der Waals surface area contributed by atoms with Crippen LogP contribution in [-0.2, 0) is 13.0 Å². The van der Waals surface area contributed by atoms with Gasteiger partial charge in [0.15, 0.2) is 10.8 Å². The number of rotatable bonds is 4. The van der Waals surface area contributed by atoms with Crippen LogP contribution in [0.2, 0.25) is 0 Å². The molecule has 0 saturated heterocycles. The van der Waals surface area contributed by atoms with E-state index >= 15 is 0 Å². The van der Waals surface area contributed by atoms with Gasteiger partial charge >= 0.3 is 0 Å². The molecule has 0 aliphatic carbocycles. The number of nitrogens with zero attached hydrogens (tertiary/aromatic N) is 1. The van der Waals surface area contributed by atoms with Crippen LogP contribution >= 0.6 is 11.3 Å². The number of hydrogen-bond acceptors (Lipinski definition) is 4. The van der Waals surface area contributed by atoms with Gasteiger partial charge in [-0.1, -0.05) is 31.5 Å². The summed E-state index contributed by atoms with van der Waals surface area (Å²) in [5.74, 6) is 0.836. The Labute approximate surface area is 116 Å². The smallest absolute Gasteiger partial charge is 0.164 e. The van der Waals surface area contributed by atoms with Crippen LogP contribution in [-0.4, -0.2) is 4.98 Å². The summed E-state index contributed by atoms with van der Waals surface area (Å²) >= 11 is 1.64. The Morgan fingerprint density at radius 1 is 1.32 bits per heavy atom. The number of para-hydroxylation sites is 1. The van der Waals surface area contributed by atoms with E-state index < -0.39 is 0 Å². The molecule has 4 heteroatoms. The van der Waals surface area contributed by atoms with Crippen molar-refractivity contribution in [1.82, 2.24) is 4.98 Å². The van der Waals surface area contributed by atoms with Crippen molar-refractivity contribution in [1.29, 1.82) is 0 Å². The van der Waals surface area contributed by atoms with Gasteiger partial charge in [-0.25, -0.2) is 4.98 Å². The van der Waals surface area contributed by atoms with E-state index in [4.69, 9.17) is 10.2 Å². The zero-order chi connectivity index (χ0) is 13.2. The maximum Gasteiger partial charge on any atom is 0.164 e. The minimum absolute atomic E-state index is 0.549. The molecule has 3 aromatic rings. The number of fused-ring (bicyclic) bond motifs is 1. The van der Waals surface area contributed by atoms with Crippen molar-refractivity contribution >= 4 is 22.3 Å². The van der Waals surface area contributed by atoms with Crippen molar-refractivity contribution in [3.63, 3.8) is 0 Å². The predicted octanol–water partition coefficient (Wildman–Crippen LogP) is 3.97. The fourth-order valence-electron chi connectivity index (χ4n) is 2.17. The standard InChI is InChI=1S/C15H16N2OS/c1-2-5-11-14(9-16)19-15(17-11)13-8-10-6-3-4-7-12(10)18-13/h3-4,6-8H,2,5,9,16H2,1H3. The summed E-state index contributed by atoms with van der Waals surface area (Å²) in [7, 11) is 0. The van der Waals surface area contributed by atoms with Crippen molar-refractivity contribution in [2.24, 2.45) is 5.73 Å². The van der Waals surface area contributed by atoms with Gasteiger partial charge in [0.2, 0.25) is 0 Å². The van der Waals surface area contributed by atoms with Crippen LogP contribution in [0.3, 0.4) is 0 Å². The number of aryl methyl sites for hydroxylation is 1. The highest BCUT2D eigenvalue weighted by Gasteiger charge is 2.14. The third-order valence-corrected chi connectivity index (χ3v) is 4.22. The monoisotopic (exact) mass is 272 g/mol. The second kappa shape index (κ2) is 5.15. The summed E-state index contributed by atoms with van der Waals surface area (Å²) in [6.07, 6.45) is 2.06. The highest BCUT2D eigenvalue weighted by Crippen LogP contribution is 2.32. The molecule has 1 aromatic carbocycles. The molecule has 0 atom stereocenters. The van der Waals surface area contributed by atoms with Crippen molar-refractivity contribution in [3.8, 4) is 10.8 Å². The molecule has 0 saturated carbocycles. The number of aromatic nitrogens is 1. The first-order chi connectivity index (χ1) is 9.31. The lowest BCUT2D eigenvalue weighted by molar-refractivity contribution is 0.630. The first-order valence-corrected chi connectivity index (χ1v) is 7.31. The molecule has 0 amide bonds. The predicted molar refractivity (Wildman–Crippen MR) is 79.2 cm³/mol. The quantitative estimate of drug-likeness (QED) is 0.782. The van der Waals surface area contributed by atoms with E-state index in [2.05, 4.69) is 11.9 Å². The van der Waals surface area contributed by atoms with Gasteiger partial charge in [0.25, 0.3) is 0 Å². The molecule has 2 heterocycles. The van der Waals surface area contributed by atoms with Gasteiger partial charge < -0.3 is 10.2 Å². The van der Waals surface area contributed by atoms with E-state index in [9.17, 15) is 0 Å². The van der Waals surface area contributed by atoms with Crippen LogP contribution in [0.5, 0.6) is 0 Å². The first-order valence-electron chi connectivity index (χ1n) is 6.49. The molecule has 98 valence electrons. The lowest BCUT2D eigenvalue weighted by atomic mass is 10.2. The zero-order valence-electron chi connectivity index (χ0n) is 10.8. The lowest BCUT2D eigenvalue weighted by Crippen LogP contribution is -1.97. The topological polar surface area (TPSA) is 52.0 Å². The molecule has 3 rings (SSSR count). The Bertz CT molecular complexity index is 666. The summed E-state index contributed by atoms with van der Waals surface area (Å²) < 4.78 is 5.85. The molecular weight excluding hydrogens is 256 g/mol. The van der Waals surface area contributed by atoms with Gasteiger partial charge in [-0.2, -0.15) is 0 Å². The Kier molecular flexibility index (Phi) is 3.36. The van der Waals surface area contributed by atoms with Gasteiger partial charge in [-0.3, -0.25) is 0 Å². The lowest BCUT2D eigenvalue weighted by Gasteiger charge is -1.94. The average Bonchev–Trinajstić information content (AvgIpc) is 3.02. The van der Waals surface area contributed by atoms with E-state index in [0.29, 0.717) is 6.54 Å². The van der Waals surface area contributed by atoms with Crippen molar-refractivity contribution in [2.45, 2.75) is 26.3 Å². The maximum atomic E-state index is 5.85. The van der Waals surface area contributed by atoms with Gasteiger partial charge in [0.1, 0.15) is 5.58 Å². The summed E-state index contributed by atoms with van der Waals surface area (Å²) in [5, 5.41) is 2.04.